The lowest BCUT2D eigenvalue weighted by atomic mass is 10.0. The molecule has 0 radical (unpaired) electrons. The fourth-order valence-corrected chi connectivity index (χ4v) is 3.23. The molecule has 0 aromatic carbocycles. The molecule has 3 rings (SSSR count). The molecule has 0 aliphatic carbocycles. The van der Waals surface area contributed by atoms with Crippen LogP contribution in [0.2, 0.25) is 0 Å². The number of anilines is 1. The Morgan fingerprint density at radius 3 is 2.87 bits per heavy atom. The molecule has 2 aromatic rings. The Hall–Kier alpha value is -1.92. The van der Waals surface area contributed by atoms with Gasteiger partial charge in [0, 0.05) is 31.6 Å². The maximum atomic E-state index is 12.5. The van der Waals surface area contributed by atoms with E-state index in [9.17, 15) is 9.90 Å². The van der Waals surface area contributed by atoms with E-state index in [1.165, 1.54) is 0 Å². The normalized spacial score (nSPS) is 22.1. The minimum atomic E-state index is -0.433. The summed E-state index contributed by atoms with van der Waals surface area (Å²) in [6, 6.07) is 5.78. The summed E-state index contributed by atoms with van der Waals surface area (Å²) >= 11 is 0. The average Bonchev–Trinajstić information content (AvgIpc) is 3.00. The van der Waals surface area contributed by atoms with Gasteiger partial charge in [0.05, 0.1) is 11.8 Å². The summed E-state index contributed by atoms with van der Waals surface area (Å²) in [5, 5.41) is 13.0. The van der Waals surface area contributed by atoms with Crippen LogP contribution in [0.3, 0.4) is 0 Å². The Kier molecular flexibility index (Phi) is 4.37. The predicted octanol–water partition coefficient (Wildman–Crippen LogP) is 1.71. The van der Waals surface area contributed by atoms with Crippen molar-refractivity contribution in [2.75, 3.05) is 25.5 Å². The van der Waals surface area contributed by atoms with E-state index < -0.39 is 6.10 Å². The molecule has 2 N–H and O–H groups in total. The van der Waals surface area contributed by atoms with Gasteiger partial charge in [-0.3, -0.25) is 9.20 Å². The minimum Gasteiger partial charge on any atom is -0.391 e. The number of likely N-dealkylation sites (tertiary alicyclic amines) is 1. The minimum absolute atomic E-state index is 0.0123. The number of carbonyl (C=O) groups is 1. The zero-order valence-electron chi connectivity index (χ0n) is 13.9. The molecule has 2 atom stereocenters. The lowest BCUT2D eigenvalue weighted by Crippen LogP contribution is -2.25. The molecular weight excluding hydrogens is 292 g/mol. The zero-order valence-corrected chi connectivity index (χ0v) is 13.9. The first-order chi connectivity index (χ1) is 11.0. The van der Waals surface area contributed by atoms with E-state index in [1.54, 1.807) is 0 Å². The van der Waals surface area contributed by atoms with Crippen LogP contribution in [0.15, 0.2) is 24.4 Å². The van der Waals surface area contributed by atoms with Crippen molar-refractivity contribution < 1.29 is 9.90 Å². The van der Waals surface area contributed by atoms with Crippen molar-refractivity contribution in [3.05, 3.63) is 30.1 Å². The molecule has 6 nitrogen and oxygen atoms in total. The first kappa shape index (κ1) is 16.0. The number of aromatic nitrogens is 2. The van der Waals surface area contributed by atoms with Crippen LogP contribution in [-0.4, -0.2) is 51.5 Å². The number of aliphatic hydroxyl groups is 1. The molecule has 0 unspecified atom stereocenters. The molecule has 1 aliphatic heterocycles. The molecule has 1 saturated heterocycles. The van der Waals surface area contributed by atoms with Crippen LogP contribution >= 0.6 is 0 Å². The maximum absolute atomic E-state index is 12.5. The molecule has 1 amide bonds. The van der Waals surface area contributed by atoms with E-state index in [2.05, 4.69) is 29.0 Å². The summed E-state index contributed by atoms with van der Waals surface area (Å²) in [6.07, 6.45) is 1.79. The lowest BCUT2D eigenvalue weighted by Gasteiger charge is -2.14. The van der Waals surface area contributed by atoms with E-state index in [4.69, 9.17) is 0 Å². The second-order valence-corrected chi connectivity index (χ2v) is 6.73. The van der Waals surface area contributed by atoms with Crippen LogP contribution < -0.4 is 5.32 Å². The standard InChI is InChI=1S/C17H24N4O2/c1-11(2)16-17(21-7-5-4-6-14(21)18-16)19-15(23)8-12-9-20(3)10-13(12)22/h4-7,11-13,22H,8-10H2,1-3H3,(H,19,23)/t12-,13-/m1/s1. The van der Waals surface area contributed by atoms with Gasteiger partial charge in [-0.25, -0.2) is 4.98 Å². The number of likely N-dealkylation sites (N-methyl/N-ethyl adjacent to an activating group) is 1. The predicted molar refractivity (Wildman–Crippen MR) is 89.5 cm³/mol. The van der Waals surface area contributed by atoms with E-state index in [-0.39, 0.29) is 17.7 Å². The van der Waals surface area contributed by atoms with Gasteiger partial charge in [-0.15, -0.1) is 0 Å². The molecule has 2 aromatic heterocycles. The third kappa shape index (κ3) is 3.23. The van der Waals surface area contributed by atoms with Crippen molar-refractivity contribution in [3.8, 4) is 0 Å². The number of imidazole rings is 1. The van der Waals surface area contributed by atoms with Crippen LogP contribution in [0.1, 0.15) is 31.9 Å². The number of β-amino-alcohol motifs (C(OH)–C–C–N with tert-alkyl or cyclic N) is 1. The van der Waals surface area contributed by atoms with Crippen molar-refractivity contribution in [2.24, 2.45) is 5.92 Å². The molecule has 1 fully saturated rings. The van der Waals surface area contributed by atoms with Gasteiger partial charge >= 0.3 is 0 Å². The monoisotopic (exact) mass is 316 g/mol. The Balaban J connectivity index is 1.80. The third-order valence-electron chi connectivity index (χ3n) is 4.40. The summed E-state index contributed by atoms with van der Waals surface area (Å²) in [7, 11) is 1.96. The Bertz CT molecular complexity index is 710. The second-order valence-electron chi connectivity index (χ2n) is 6.73. The third-order valence-corrected chi connectivity index (χ3v) is 4.40. The number of pyridine rings is 1. The van der Waals surface area contributed by atoms with Crippen LogP contribution in [0.5, 0.6) is 0 Å². The molecule has 23 heavy (non-hydrogen) atoms. The molecule has 0 saturated carbocycles. The Morgan fingerprint density at radius 1 is 1.43 bits per heavy atom. The van der Waals surface area contributed by atoms with Crippen molar-refractivity contribution in [3.63, 3.8) is 0 Å². The average molecular weight is 316 g/mol. The van der Waals surface area contributed by atoms with E-state index in [0.717, 1.165) is 23.7 Å². The number of hydrogen-bond donors (Lipinski definition) is 2. The molecular formula is C17H24N4O2. The smallest absolute Gasteiger partial charge is 0.225 e. The molecule has 6 heteroatoms. The lowest BCUT2D eigenvalue weighted by molar-refractivity contribution is -0.117. The summed E-state index contributed by atoms with van der Waals surface area (Å²) in [6.45, 7) is 5.50. The van der Waals surface area contributed by atoms with Crippen LogP contribution in [0.4, 0.5) is 5.82 Å². The number of nitrogens with zero attached hydrogens (tertiary/aromatic N) is 3. The van der Waals surface area contributed by atoms with Crippen LogP contribution in [-0.2, 0) is 4.79 Å². The topological polar surface area (TPSA) is 69.9 Å². The number of fused-ring (bicyclic) bond motifs is 1. The van der Waals surface area contributed by atoms with Gasteiger partial charge in [0.25, 0.3) is 0 Å². The van der Waals surface area contributed by atoms with Crippen molar-refractivity contribution in [2.45, 2.75) is 32.3 Å². The highest BCUT2D eigenvalue weighted by molar-refractivity contribution is 5.91. The van der Waals surface area contributed by atoms with E-state index in [1.807, 2.05) is 35.8 Å². The van der Waals surface area contributed by atoms with Gasteiger partial charge < -0.3 is 15.3 Å². The van der Waals surface area contributed by atoms with Gasteiger partial charge in [0.2, 0.25) is 5.91 Å². The summed E-state index contributed by atoms with van der Waals surface area (Å²) in [4.78, 5) is 19.1. The van der Waals surface area contributed by atoms with Crippen molar-refractivity contribution in [1.29, 1.82) is 0 Å². The quantitative estimate of drug-likeness (QED) is 0.901. The van der Waals surface area contributed by atoms with Crippen LogP contribution in [0, 0.1) is 5.92 Å². The molecule has 3 heterocycles. The molecule has 1 aliphatic rings. The fraction of sp³-hybridized carbons (Fsp3) is 0.529. The number of aliphatic hydroxyl groups excluding tert-OH is 1. The summed E-state index contributed by atoms with van der Waals surface area (Å²) in [5.41, 5.74) is 1.71. The first-order valence-electron chi connectivity index (χ1n) is 8.09. The maximum Gasteiger partial charge on any atom is 0.225 e. The van der Waals surface area contributed by atoms with E-state index >= 15 is 0 Å². The molecule has 0 spiro atoms. The number of rotatable bonds is 4. The number of amides is 1. The highest BCUT2D eigenvalue weighted by Crippen LogP contribution is 2.26. The van der Waals surface area contributed by atoms with E-state index in [0.29, 0.717) is 13.0 Å². The summed E-state index contributed by atoms with van der Waals surface area (Å²) in [5.74, 6) is 0.869. The zero-order chi connectivity index (χ0) is 16.6. The SMILES string of the molecule is CC(C)c1nc2ccccn2c1NC(=O)C[C@@H]1CN(C)C[C@H]1O. The van der Waals surface area contributed by atoms with Gasteiger partial charge in [-0.05, 0) is 25.1 Å². The number of hydrogen-bond acceptors (Lipinski definition) is 4. The van der Waals surface area contributed by atoms with Gasteiger partial charge in [0.15, 0.2) is 0 Å². The molecule has 124 valence electrons. The summed E-state index contributed by atoms with van der Waals surface area (Å²) < 4.78 is 1.91. The van der Waals surface area contributed by atoms with Gasteiger partial charge in [-0.1, -0.05) is 19.9 Å². The van der Waals surface area contributed by atoms with Crippen molar-refractivity contribution in [1.82, 2.24) is 14.3 Å². The first-order valence-corrected chi connectivity index (χ1v) is 8.09. The van der Waals surface area contributed by atoms with Gasteiger partial charge in [-0.2, -0.15) is 0 Å². The van der Waals surface area contributed by atoms with Crippen LogP contribution in [0.25, 0.3) is 5.65 Å². The number of carbonyl (C=O) groups excluding carboxylic acids is 1. The second kappa shape index (κ2) is 6.29. The fourth-order valence-electron chi connectivity index (χ4n) is 3.23. The number of nitrogens with one attached hydrogen (secondary N) is 1. The Labute approximate surface area is 136 Å². The largest absolute Gasteiger partial charge is 0.391 e. The Morgan fingerprint density at radius 2 is 2.22 bits per heavy atom. The highest BCUT2D eigenvalue weighted by Gasteiger charge is 2.31. The molecule has 0 bridgehead atoms. The van der Waals surface area contributed by atoms with Crippen molar-refractivity contribution >= 4 is 17.4 Å². The van der Waals surface area contributed by atoms with Gasteiger partial charge in [0.1, 0.15) is 11.5 Å². The highest BCUT2D eigenvalue weighted by atomic mass is 16.3.